The van der Waals surface area contributed by atoms with Crippen LogP contribution in [-0.4, -0.2) is 20.3 Å². The highest BCUT2D eigenvalue weighted by Gasteiger charge is 2.21. The minimum Gasteiger partial charge on any atom is -0.207 e. The van der Waals surface area contributed by atoms with Crippen LogP contribution in [0, 0.1) is 5.92 Å². The zero-order chi connectivity index (χ0) is 13.1. The first-order valence-electron chi connectivity index (χ1n) is 5.20. The van der Waals surface area contributed by atoms with Crippen LogP contribution in [0.2, 0.25) is 0 Å². The summed E-state index contributed by atoms with van der Waals surface area (Å²) in [5, 5.41) is 0. The molecule has 1 aromatic rings. The smallest absolute Gasteiger partial charge is 0.207 e. The molecular formula is C11H15BrClNO2S. The van der Waals surface area contributed by atoms with Crippen LogP contribution in [0.3, 0.4) is 0 Å². The normalized spacial score (nSPS) is 13.9. The molecule has 0 aromatic heterocycles. The Morgan fingerprint density at radius 1 is 1.29 bits per heavy atom. The largest absolute Gasteiger partial charge is 0.240 e. The van der Waals surface area contributed by atoms with Crippen molar-refractivity contribution in [3.05, 3.63) is 28.7 Å². The molecule has 1 rings (SSSR count). The first-order valence-corrected chi connectivity index (χ1v) is 8.01. The maximum Gasteiger partial charge on any atom is 0.240 e. The molecule has 0 aliphatic rings. The minimum absolute atomic E-state index is 0.151. The van der Waals surface area contributed by atoms with Crippen molar-refractivity contribution in [3.8, 4) is 0 Å². The summed E-state index contributed by atoms with van der Waals surface area (Å²) in [6.45, 7) is 3.86. The van der Waals surface area contributed by atoms with Crippen LogP contribution in [0.1, 0.15) is 13.8 Å². The Balaban J connectivity index is 2.92. The summed E-state index contributed by atoms with van der Waals surface area (Å²) in [6, 6.07) is 6.24. The van der Waals surface area contributed by atoms with Crippen molar-refractivity contribution in [1.82, 2.24) is 4.72 Å². The lowest BCUT2D eigenvalue weighted by atomic mass is 10.1. The molecular weight excluding hydrogens is 326 g/mol. The fourth-order valence-electron chi connectivity index (χ4n) is 1.23. The van der Waals surface area contributed by atoms with Crippen LogP contribution in [0.15, 0.2) is 33.6 Å². The molecule has 6 heteroatoms. The molecule has 0 radical (unpaired) electrons. The van der Waals surface area contributed by atoms with Crippen molar-refractivity contribution in [3.63, 3.8) is 0 Å². The van der Waals surface area contributed by atoms with E-state index in [1.165, 1.54) is 0 Å². The van der Waals surface area contributed by atoms with Gasteiger partial charge in [-0.25, -0.2) is 13.1 Å². The monoisotopic (exact) mass is 339 g/mol. The fourth-order valence-corrected chi connectivity index (χ4v) is 3.40. The van der Waals surface area contributed by atoms with E-state index in [1.54, 1.807) is 24.3 Å². The summed E-state index contributed by atoms with van der Waals surface area (Å²) in [5.41, 5.74) is 0. The summed E-state index contributed by atoms with van der Waals surface area (Å²) >= 11 is 9.01. The first kappa shape index (κ1) is 15.0. The standard InChI is InChI=1S/C11H15BrClNO2S/c1-8(2)11(7-13)14-17(15,16)10-5-3-9(12)4-6-10/h3-6,8,11,14H,7H2,1-2H3. The van der Waals surface area contributed by atoms with Crippen LogP contribution in [-0.2, 0) is 10.0 Å². The highest BCUT2D eigenvalue weighted by Crippen LogP contribution is 2.16. The van der Waals surface area contributed by atoms with Gasteiger partial charge in [0.05, 0.1) is 4.90 Å². The van der Waals surface area contributed by atoms with Crippen LogP contribution in [0.4, 0.5) is 0 Å². The van der Waals surface area contributed by atoms with E-state index in [9.17, 15) is 8.42 Å². The second kappa shape index (κ2) is 6.18. The van der Waals surface area contributed by atoms with Gasteiger partial charge in [0.1, 0.15) is 0 Å². The van der Waals surface area contributed by atoms with E-state index in [1.807, 2.05) is 13.8 Å². The van der Waals surface area contributed by atoms with Gasteiger partial charge >= 0.3 is 0 Å². The van der Waals surface area contributed by atoms with Crippen LogP contribution < -0.4 is 4.72 Å². The third-order valence-corrected chi connectivity index (χ3v) is 4.77. The van der Waals surface area contributed by atoms with Crippen LogP contribution >= 0.6 is 27.5 Å². The number of halogens is 2. The van der Waals surface area contributed by atoms with Gasteiger partial charge in [-0.3, -0.25) is 0 Å². The maximum atomic E-state index is 12.0. The number of hydrogen-bond donors (Lipinski definition) is 1. The van der Waals surface area contributed by atoms with E-state index >= 15 is 0 Å². The van der Waals surface area contributed by atoms with E-state index in [4.69, 9.17) is 11.6 Å². The molecule has 1 aromatic carbocycles. The molecule has 0 amide bonds. The van der Waals surface area contributed by atoms with E-state index in [-0.39, 0.29) is 22.7 Å². The van der Waals surface area contributed by atoms with Gasteiger partial charge in [-0.15, -0.1) is 11.6 Å². The van der Waals surface area contributed by atoms with Gasteiger partial charge in [-0.1, -0.05) is 29.8 Å². The lowest BCUT2D eigenvalue weighted by Gasteiger charge is -2.19. The van der Waals surface area contributed by atoms with Gasteiger partial charge in [0.2, 0.25) is 10.0 Å². The molecule has 0 heterocycles. The Hall–Kier alpha value is -0.100. The Morgan fingerprint density at radius 2 is 1.82 bits per heavy atom. The zero-order valence-electron chi connectivity index (χ0n) is 9.65. The zero-order valence-corrected chi connectivity index (χ0v) is 12.8. The Morgan fingerprint density at radius 3 is 2.24 bits per heavy atom. The highest BCUT2D eigenvalue weighted by atomic mass is 79.9. The van der Waals surface area contributed by atoms with Crippen molar-refractivity contribution in [2.45, 2.75) is 24.8 Å². The van der Waals surface area contributed by atoms with Crippen molar-refractivity contribution in [1.29, 1.82) is 0 Å². The van der Waals surface area contributed by atoms with E-state index in [0.717, 1.165) is 4.47 Å². The second-order valence-electron chi connectivity index (χ2n) is 4.08. The Bertz CT molecular complexity index is 459. The summed E-state index contributed by atoms with van der Waals surface area (Å²) in [5.74, 6) is 0.408. The molecule has 3 nitrogen and oxygen atoms in total. The minimum atomic E-state index is -3.49. The summed E-state index contributed by atoms with van der Waals surface area (Å²) < 4.78 is 27.5. The highest BCUT2D eigenvalue weighted by molar-refractivity contribution is 9.10. The molecule has 17 heavy (non-hydrogen) atoms. The van der Waals surface area contributed by atoms with Gasteiger partial charge < -0.3 is 0 Å². The van der Waals surface area contributed by atoms with E-state index in [0.29, 0.717) is 0 Å². The average Bonchev–Trinajstić information content (AvgIpc) is 2.26. The SMILES string of the molecule is CC(C)C(CCl)NS(=O)(=O)c1ccc(Br)cc1. The molecule has 0 saturated carbocycles. The van der Waals surface area contributed by atoms with Gasteiger partial charge in [-0.2, -0.15) is 0 Å². The van der Waals surface area contributed by atoms with Crippen molar-refractivity contribution >= 4 is 37.6 Å². The third kappa shape index (κ3) is 4.25. The van der Waals surface area contributed by atoms with Crippen LogP contribution in [0.5, 0.6) is 0 Å². The summed E-state index contributed by atoms with van der Waals surface area (Å²) in [6.07, 6.45) is 0. The molecule has 96 valence electrons. The first-order chi connectivity index (χ1) is 7.86. The average molecular weight is 341 g/mol. The number of alkyl halides is 1. The molecule has 0 aliphatic heterocycles. The second-order valence-corrected chi connectivity index (χ2v) is 7.02. The number of benzene rings is 1. The Labute approximate surface area is 116 Å². The van der Waals surface area contributed by atoms with Gasteiger partial charge in [0.25, 0.3) is 0 Å². The number of sulfonamides is 1. The Kier molecular flexibility index (Phi) is 5.44. The lowest BCUT2D eigenvalue weighted by Crippen LogP contribution is -2.39. The predicted octanol–water partition coefficient (Wildman–Crippen LogP) is 2.99. The van der Waals surface area contributed by atoms with Gasteiger partial charge in [-0.05, 0) is 30.2 Å². The number of hydrogen-bond acceptors (Lipinski definition) is 2. The molecule has 0 fully saturated rings. The number of rotatable bonds is 5. The predicted molar refractivity (Wildman–Crippen MR) is 73.8 cm³/mol. The van der Waals surface area contributed by atoms with Crippen LogP contribution in [0.25, 0.3) is 0 Å². The molecule has 0 aliphatic carbocycles. The van der Waals surface area contributed by atoms with Gasteiger partial charge in [0.15, 0.2) is 0 Å². The van der Waals surface area contributed by atoms with Crippen molar-refractivity contribution in [2.75, 3.05) is 5.88 Å². The topological polar surface area (TPSA) is 46.2 Å². The van der Waals surface area contributed by atoms with Gasteiger partial charge in [0, 0.05) is 16.4 Å². The molecule has 0 saturated heterocycles. The maximum absolute atomic E-state index is 12.0. The van der Waals surface area contributed by atoms with E-state index in [2.05, 4.69) is 20.7 Å². The summed E-state index contributed by atoms with van der Waals surface area (Å²) in [7, 11) is -3.49. The molecule has 0 bridgehead atoms. The van der Waals surface area contributed by atoms with E-state index < -0.39 is 10.0 Å². The lowest BCUT2D eigenvalue weighted by molar-refractivity contribution is 0.480. The molecule has 1 unspecified atom stereocenters. The van der Waals surface area contributed by atoms with Crippen molar-refractivity contribution in [2.24, 2.45) is 5.92 Å². The summed E-state index contributed by atoms with van der Waals surface area (Å²) in [4.78, 5) is 0.247. The fraction of sp³-hybridized carbons (Fsp3) is 0.455. The number of nitrogens with one attached hydrogen (secondary N) is 1. The third-order valence-electron chi connectivity index (χ3n) is 2.40. The van der Waals surface area contributed by atoms with Crippen molar-refractivity contribution < 1.29 is 8.42 Å². The molecule has 0 spiro atoms. The molecule has 1 atom stereocenters. The quantitative estimate of drug-likeness (QED) is 0.838. The molecule has 1 N–H and O–H groups in total.